The highest BCUT2D eigenvalue weighted by Gasteiger charge is 2.24. The molecule has 1 aromatic rings. The van der Waals surface area contributed by atoms with Gasteiger partial charge in [-0.05, 0) is 30.7 Å². The summed E-state index contributed by atoms with van der Waals surface area (Å²) >= 11 is 6.22. The van der Waals surface area contributed by atoms with Crippen LogP contribution in [0.3, 0.4) is 0 Å². The quantitative estimate of drug-likeness (QED) is 0.728. The number of methoxy groups -OCH3 is 1. The number of morpholine rings is 1. The highest BCUT2D eigenvalue weighted by molar-refractivity contribution is 6.32. The van der Waals surface area contributed by atoms with E-state index in [-0.39, 0.29) is 18.9 Å². The maximum atomic E-state index is 12.4. The van der Waals surface area contributed by atoms with E-state index in [2.05, 4.69) is 0 Å². The van der Waals surface area contributed by atoms with Crippen LogP contribution < -0.4 is 9.47 Å². The number of ether oxygens (including phenoxy) is 3. The Labute approximate surface area is 157 Å². The van der Waals surface area contributed by atoms with Gasteiger partial charge in [-0.25, -0.2) is 0 Å². The van der Waals surface area contributed by atoms with E-state index >= 15 is 0 Å². The molecule has 0 saturated carbocycles. The number of rotatable bonds is 7. The van der Waals surface area contributed by atoms with Crippen LogP contribution in [-0.4, -0.2) is 61.4 Å². The fraction of sp³-hybridized carbons (Fsp3) is 0.444. The molecule has 0 spiro atoms. The number of carbonyl (C=O) groups is 2. The summed E-state index contributed by atoms with van der Waals surface area (Å²) in [5.74, 6) is -0.215. The van der Waals surface area contributed by atoms with Crippen molar-refractivity contribution < 1.29 is 28.9 Å². The van der Waals surface area contributed by atoms with Crippen molar-refractivity contribution >= 4 is 29.6 Å². The highest BCUT2D eigenvalue weighted by atomic mass is 35.5. The van der Waals surface area contributed by atoms with Gasteiger partial charge in [0.25, 0.3) is 0 Å². The first-order chi connectivity index (χ1) is 12.4. The van der Waals surface area contributed by atoms with Gasteiger partial charge in [0, 0.05) is 19.2 Å². The summed E-state index contributed by atoms with van der Waals surface area (Å²) in [6.07, 6.45) is 2.45. The lowest BCUT2D eigenvalue weighted by Crippen LogP contribution is -2.45. The van der Waals surface area contributed by atoms with Gasteiger partial charge in [0.2, 0.25) is 5.91 Å². The maximum Gasteiger partial charge on any atom is 0.306 e. The van der Waals surface area contributed by atoms with E-state index in [1.54, 1.807) is 23.1 Å². The Hall–Kier alpha value is -2.25. The van der Waals surface area contributed by atoms with Crippen molar-refractivity contribution in [2.45, 2.75) is 19.4 Å². The Bertz CT molecular complexity index is 691. The smallest absolute Gasteiger partial charge is 0.306 e. The van der Waals surface area contributed by atoms with Crippen molar-refractivity contribution in [3.8, 4) is 11.5 Å². The Morgan fingerprint density at radius 3 is 2.88 bits per heavy atom. The van der Waals surface area contributed by atoms with Gasteiger partial charge in [0.1, 0.15) is 0 Å². The number of carbonyl (C=O) groups excluding carboxylic acids is 1. The first-order valence-corrected chi connectivity index (χ1v) is 8.63. The molecule has 2 rings (SSSR count). The van der Waals surface area contributed by atoms with E-state index < -0.39 is 12.1 Å². The van der Waals surface area contributed by atoms with Crippen LogP contribution in [-0.2, 0) is 14.3 Å². The normalized spacial score (nSPS) is 17.3. The Morgan fingerprint density at radius 1 is 1.46 bits per heavy atom. The zero-order valence-electron chi connectivity index (χ0n) is 14.7. The number of benzene rings is 1. The van der Waals surface area contributed by atoms with E-state index in [1.807, 2.05) is 6.92 Å². The second-order valence-electron chi connectivity index (χ2n) is 5.68. The summed E-state index contributed by atoms with van der Waals surface area (Å²) in [5, 5.41) is 9.24. The van der Waals surface area contributed by atoms with Crippen molar-refractivity contribution in [2.24, 2.45) is 0 Å². The van der Waals surface area contributed by atoms with Gasteiger partial charge in [-0.3, -0.25) is 9.59 Å². The molecule has 0 aliphatic carbocycles. The molecule has 1 aliphatic heterocycles. The largest absolute Gasteiger partial charge is 0.493 e. The summed E-state index contributed by atoms with van der Waals surface area (Å²) in [6.45, 7) is 3.30. The maximum absolute atomic E-state index is 12.4. The summed E-state index contributed by atoms with van der Waals surface area (Å²) in [4.78, 5) is 24.7. The lowest BCUT2D eigenvalue weighted by Gasteiger charge is -2.31. The number of hydrogen-bond acceptors (Lipinski definition) is 5. The summed E-state index contributed by atoms with van der Waals surface area (Å²) in [7, 11) is 1.52. The van der Waals surface area contributed by atoms with Crippen molar-refractivity contribution in [1.82, 2.24) is 4.90 Å². The molecular weight excluding hydrogens is 362 g/mol. The molecule has 26 heavy (non-hydrogen) atoms. The van der Waals surface area contributed by atoms with E-state index in [0.717, 1.165) is 0 Å². The topological polar surface area (TPSA) is 85.3 Å². The van der Waals surface area contributed by atoms with E-state index in [0.29, 0.717) is 41.8 Å². The number of carboxylic acid groups (broad SMARTS) is 1. The number of nitrogens with zero attached hydrogens (tertiary/aromatic N) is 1. The molecule has 1 N–H and O–H groups in total. The van der Waals surface area contributed by atoms with Crippen LogP contribution in [0.15, 0.2) is 18.2 Å². The molecule has 0 radical (unpaired) electrons. The molecule has 1 fully saturated rings. The van der Waals surface area contributed by atoms with Gasteiger partial charge in [0.05, 0.1) is 37.9 Å². The minimum absolute atomic E-state index is 0.126. The van der Waals surface area contributed by atoms with Crippen molar-refractivity contribution in [3.63, 3.8) is 0 Å². The van der Waals surface area contributed by atoms with Crippen LogP contribution in [0.4, 0.5) is 0 Å². The van der Waals surface area contributed by atoms with Crippen LogP contribution in [0.2, 0.25) is 5.02 Å². The van der Waals surface area contributed by atoms with Crippen LogP contribution in [0, 0.1) is 0 Å². The molecule has 1 atom stereocenters. The molecule has 1 aliphatic rings. The van der Waals surface area contributed by atoms with E-state index in [1.165, 1.54) is 13.2 Å². The van der Waals surface area contributed by atoms with Crippen molar-refractivity contribution in [2.75, 3.05) is 33.4 Å². The standard InChI is InChI=1S/C18H22ClNO6/c1-3-25-18-14(19)8-12(9-15(18)24-2)4-5-16(21)20-6-7-26-13(11-20)10-17(22)23/h4-5,8-9,13H,3,6-7,10-11H2,1-2H3,(H,22,23). The van der Waals surface area contributed by atoms with Gasteiger partial charge in [-0.15, -0.1) is 0 Å². The van der Waals surface area contributed by atoms with Gasteiger partial charge >= 0.3 is 5.97 Å². The highest BCUT2D eigenvalue weighted by Crippen LogP contribution is 2.36. The predicted molar refractivity (Wildman–Crippen MR) is 96.8 cm³/mol. The van der Waals surface area contributed by atoms with Crippen LogP contribution in [0.25, 0.3) is 6.08 Å². The van der Waals surface area contributed by atoms with Crippen molar-refractivity contribution in [1.29, 1.82) is 0 Å². The average Bonchev–Trinajstić information content (AvgIpc) is 2.61. The SMILES string of the molecule is CCOc1c(Cl)cc(C=CC(=O)N2CCOC(CC(=O)O)C2)cc1OC. The van der Waals surface area contributed by atoms with E-state index in [4.69, 9.17) is 30.9 Å². The van der Waals surface area contributed by atoms with Gasteiger partial charge in [-0.1, -0.05) is 11.6 Å². The molecule has 1 heterocycles. The monoisotopic (exact) mass is 383 g/mol. The molecule has 8 heteroatoms. The van der Waals surface area contributed by atoms with Crippen LogP contribution >= 0.6 is 11.6 Å². The fourth-order valence-electron chi connectivity index (χ4n) is 2.63. The molecular formula is C18H22ClNO6. The third kappa shape index (κ3) is 5.37. The second-order valence-corrected chi connectivity index (χ2v) is 6.08. The molecule has 1 aromatic carbocycles. The number of aliphatic carboxylic acids is 1. The molecule has 142 valence electrons. The Morgan fingerprint density at radius 2 is 2.23 bits per heavy atom. The Kier molecular flexibility index (Phi) is 7.29. The van der Waals surface area contributed by atoms with Crippen LogP contribution in [0.1, 0.15) is 18.9 Å². The Balaban J connectivity index is 2.07. The molecule has 0 aromatic heterocycles. The molecule has 1 unspecified atom stereocenters. The first-order valence-electron chi connectivity index (χ1n) is 8.25. The first kappa shape index (κ1) is 20.1. The molecule has 1 amide bonds. The average molecular weight is 384 g/mol. The number of halogens is 1. The zero-order valence-corrected chi connectivity index (χ0v) is 15.5. The van der Waals surface area contributed by atoms with Gasteiger partial charge in [0.15, 0.2) is 11.5 Å². The third-order valence-corrected chi connectivity index (χ3v) is 4.09. The minimum Gasteiger partial charge on any atom is -0.493 e. The minimum atomic E-state index is -0.948. The molecule has 1 saturated heterocycles. The van der Waals surface area contributed by atoms with E-state index in [9.17, 15) is 9.59 Å². The number of amides is 1. The summed E-state index contributed by atoms with van der Waals surface area (Å²) in [6, 6.07) is 3.42. The second kappa shape index (κ2) is 9.45. The van der Waals surface area contributed by atoms with Gasteiger partial charge in [-0.2, -0.15) is 0 Å². The predicted octanol–water partition coefficient (Wildman–Crippen LogP) is 2.46. The lowest BCUT2D eigenvalue weighted by molar-refractivity contribution is -0.145. The molecule has 7 nitrogen and oxygen atoms in total. The number of carboxylic acids is 1. The number of hydrogen-bond donors (Lipinski definition) is 1. The van der Waals surface area contributed by atoms with Crippen molar-refractivity contribution in [3.05, 3.63) is 28.8 Å². The summed E-state index contributed by atoms with van der Waals surface area (Å²) in [5.41, 5.74) is 0.694. The lowest BCUT2D eigenvalue weighted by atomic mass is 10.1. The third-order valence-electron chi connectivity index (χ3n) is 3.81. The fourth-order valence-corrected chi connectivity index (χ4v) is 2.90. The van der Waals surface area contributed by atoms with Crippen LogP contribution in [0.5, 0.6) is 11.5 Å². The van der Waals surface area contributed by atoms with Gasteiger partial charge < -0.3 is 24.2 Å². The zero-order chi connectivity index (χ0) is 19.1. The summed E-state index contributed by atoms with van der Waals surface area (Å²) < 4.78 is 16.1. The molecule has 0 bridgehead atoms.